The number of pyridine rings is 1. The molecule has 2 saturated carbocycles. The van der Waals surface area contributed by atoms with Crippen LogP contribution in [0.3, 0.4) is 0 Å². The van der Waals surface area contributed by atoms with E-state index in [1.807, 2.05) is 24.4 Å². The van der Waals surface area contributed by atoms with E-state index in [4.69, 9.17) is 0 Å². The molecule has 8 heteroatoms. The average Bonchev–Trinajstić information content (AvgIpc) is 3.89. The van der Waals surface area contributed by atoms with Crippen LogP contribution >= 0.6 is 11.8 Å². The summed E-state index contributed by atoms with van der Waals surface area (Å²) < 4.78 is 16.8. The number of piperidine rings is 1. The summed E-state index contributed by atoms with van der Waals surface area (Å²) in [5, 5.41) is 17.8. The number of fused-ring (bicyclic) bond motifs is 1. The molecular formula is C31H36FN3O3S. The number of hydrogen-bond donors (Lipinski definition) is 3. The van der Waals surface area contributed by atoms with Crippen molar-refractivity contribution < 1.29 is 14.3 Å². The number of aliphatic hydroxyl groups is 1. The van der Waals surface area contributed by atoms with Gasteiger partial charge >= 0.3 is 0 Å². The van der Waals surface area contributed by atoms with E-state index in [0.717, 1.165) is 60.4 Å². The van der Waals surface area contributed by atoms with Gasteiger partial charge in [0.25, 0.3) is 11.5 Å². The molecule has 3 aliphatic rings. The molecule has 39 heavy (non-hydrogen) atoms. The predicted octanol–water partition coefficient (Wildman–Crippen LogP) is 4.87. The Hall–Kier alpha value is -2.68. The third-order valence-electron chi connectivity index (χ3n) is 8.55. The topological polar surface area (TPSA) is 83.4 Å². The number of carbonyl (C=O) groups excluding carboxylic acids is 1. The molecule has 3 aromatic rings. The number of benzene rings is 2. The van der Waals surface area contributed by atoms with Gasteiger partial charge in [0, 0.05) is 51.2 Å². The monoisotopic (exact) mass is 549 g/mol. The first kappa shape index (κ1) is 26.5. The lowest BCUT2D eigenvalue weighted by molar-refractivity contribution is 0.0950. The molecule has 1 atom stereocenters. The lowest BCUT2D eigenvalue weighted by atomic mass is 9.95. The van der Waals surface area contributed by atoms with Crippen molar-refractivity contribution in [3.63, 3.8) is 0 Å². The Labute approximate surface area is 232 Å². The first-order chi connectivity index (χ1) is 18.9. The molecule has 3 fully saturated rings. The molecule has 2 heterocycles. The molecule has 1 amide bonds. The van der Waals surface area contributed by atoms with Crippen LogP contribution in [0.2, 0.25) is 0 Å². The van der Waals surface area contributed by atoms with Crippen LogP contribution in [-0.2, 0) is 6.54 Å². The largest absolute Gasteiger partial charge is 0.396 e. The lowest BCUT2D eigenvalue weighted by Crippen LogP contribution is -2.31. The predicted molar refractivity (Wildman–Crippen MR) is 154 cm³/mol. The molecule has 1 aromatic heterocycles. The fourth-order valence-corrected chi connectivity index (χ4v) is 6.77. The van der Waals surface area contributed by atoms with E-state index in [0.29, 0.717) is 34.5 Å². The van der Waals surface area contributed by atoms with Gasteiger partial charge < -0.3 is 20.3 Å². The Kier molecular flexibility index (Phi) is 7.29. The second-order valence-electron chi connectivity index (χ2n) is 11.7. The number of aromatic nitrogens is 1. The Morgan fingerprint density at radius 1 is 1.21 bits per heavy atom. The Bertz CT molecular complexity index is 1470. The maximum absolute atomic E-state index is 15.0. The first-order valence-electron chi connectivity index (χ1n) is 14.1. The van der Waals surface area contributed by atoms with Crippen molar-refractivity contribution in [3.8, 4) is 11.1 Å². The highest BCUT2D eigenvalue weighted by Crippen LogP contribution is 2.46. The zero-order valence-electron chi connectivity index (χ0n) is 22.4. The van der Waals surface area contributed by atoms with Gasteiger partial charge in [-0.15, -0.1) is 11.8 Å². The minimum Gasteiger partial charge on any atom is -0.396 e. The minimum absolute atomic E-state index is 0.0691. The molecule has 1 aliphatic heterocycles. The van der Waals surface area contributed by atoms with Crippen molar-refractivity contribution in [2.45, 2.75) is 62.9 Å². The number of nitrogens with one attached hydrogen (secondary N) is 2. The summed E-state index contributed by atoms with van der Waals surface area (Å²) in [5.41, 5.74) is 1.97. The number of thioether (sulfide) groups is 1. The van der Waals surface area contributed by atoms with E-state index in [9.17, 15) is 14.7 Å². The first-order valence-corrected chi connectivity index (χ1v) is 15.1. The molecule has 3 N–H and O–H groups in total. The van der Waals surface area contributed by atoms with Crippen LogP contribution in [0.4, 0.5) is 4.39 Å². The maximum Gasteiger partial charge on any atom is 0.258 e. The standard InChI is InChI=1S/C31H36FN3O3S/c1-19-25(12-22(13-27(19)32)29(37)34-23-5-6-23)21-4-7-24-26(11-21)28(39-16-20-3-2-10-33-14-20)15-35(30(24)38)17-31(18-36)8-9-31/h4,7,11-13,15,20,23,33,36H,2-3,5-6,8-10,14,16-18H2,1H3,(H,34,37). The zero-order chi connectivity index (χ0) is 27.1. The summed E-state index contributed by atoms with van der Waals surface area (Å²) in [6.45, 7) is 4.39. The molecule has 206 valence electrons. The Balaban J connectivity index is 1.41. The van der Waals surface area contributed by atoms with Crippen LogP contribution in [0.15, 0.2) is 46.2 Å². The highest BCUT2D eigenvalue weighted by Gasteiger charge is 2.42. The summed E-state index contributed by atoms with van der Waals surface area (Å²) >= 11 is 1.77. The van der Waals surface area contributed by atoms with Gasteiger partial charge in [-0.3, -0.25) is 9.59 Å². The normalized spacial score (nSPS) is 20.2. The fourth-order valence-electron chi connectivity index (χ4n) is 5.54. The molecule has 0 radical (unpaired) electrons. The quantitative estimate of drug-likeness (QED) is 0.332. The summed E-state index contributed by atoms with van der Waals surface area (Å²) in [6, 6.07) is 8.93. The van der Waals surface area contributed by atoms with Crippen molar-refractivity contribution in [3.05, 3.63) is 63.8 Å². The molecule has 6 rings (SSSR count). The molecule has 1 saturated heterocycles. The van der Waals surface area contributed by atoms with Crippen LogP contribution in [-0.4, -0.2) is 47.1 Å². The van der Waals surface area contributed by atoms with Gasteiger partial charge in [0.1, 0.15) is 5.82 Å². The highest BCUT2D eigenvalue weighted by atomic mass is 32.2. The number of rotatable bonds is 9. The van der Waals surface area contributed by atoms with Crippen molar-refractivity contribution in [2.24, 2.45) is 11.3 Å². The average molecular weight is 550 g/mol. The van der Waals surface area contributed by atoms with Gasteiger partial charge in [0.15, 0.2) is 0 Å². The van der Waals surface area contributed by atoms with Gasteiger partial charge in [-0.1, -0.05) is 6.07 Å². The number of halogens is 1. The number of aliphatic hydroxyl groups excluding tert-OH is 1. The third kappa shape index (κ3) is 5.65. The van der Waals surface area contributed by atoms with Crippen molar-refractivity contribution in [2.75, 3.05) is 25.4 Å². The SMILES string of the molecule is Cc1c(F)cc(C(=O)NC2CC2)cc1-c1ccc2c(=O)n(CC3(CO)CC3)cc(SCC3CCCNC3)c2c1. The molecule has 6 nitrogen and oxygen atoms in total. The minimum atomic E-state index is -0.415. The number of hydrogen-bond acceptors (Lipinski definition) is 5. The highest BCUT2D eigenvalue weighted by molar-refractivity contribution is 7.99. The van der Waals surface area contributed by atoms with E-state index >= 15 is 4.39 Å². The summed E-state index contributed by atoms with van der Waals surface area (Å²) in [7, 11) is 0. The number of carbonyl (C=O) groups is 1. The smallest absolute Gasteiger partial charge is 0.258 e. The lowest BCUT2D eigenvalue weighted by Gasteiger charge is -2.23. The van der Waals surface area contributed by atoms with Gasteiger partial charge in [-0.25, -0.2) is 4.39 Å². The maximum atomic E-state index is 15.0. The Morgan fingerprint density at radius 2 is 2.03 bits per heavy atom. The number of nitrogens with zero attached hydrogens (tertiary/aromatic N) is 1. The third-order valence-corrected chi connectivity index (χ3v) is 9.83. The summed E-state index contributed by atoms with van der Waals surface area (Å²) in [4.78, 5) is 27.3. The van der Waals surface area contributed by atoms with Crippen molar-refractivity contribution in [1.29, 1.82) is 0 Å². The van der Waals surface area contributed by atoms with Crippen LogP contribution in [0.25, 0.3) is 21.9 Å². The van der Waals surface area contributed by atoms with Crippen LogP contribution in [0.1, 0.15) is 54.4 Å². The summed E-state index contributed by atoms with van der Waals surface area (Å²) in [5.74, 6) is 0.839. The molecule has 0 spiro atoms. The van der Waals surface area contributed by atoms with Crippen molar-refractivity contribution >= 4 is 28.4 Å². The van der Waals surface area contributed by atoms with Crippen molar-refractivity contribution in [1.82, 2.24) is 15.2 Å². The van der Waals surface area contributed by atoms with E-state index in [1.54, 1.807) is 29.3 Å². The van der Waals surface area contributed by atoms with Gasteiger partial charge in [0.05, 0.1) is 6.61 Å². The fraction of sp³-hybridized carbons (Fsp3) is 0.484. The zero-order valence-corrected chi connectivity index (χ0v) is 23.2. The second-order valence-corrected chi connectivity index (χ2v) is 12.8. The van der Waals surface area contributed by atoms with Gasteiger partial charge in [-0.2, -0.15) is 0 Å². The molecule has 2 aromatic carbocycles. The Morgan fingerprint density at radius 3 is 2.72 bits per heavy atom. The second kappa shape index (κ2) is 10.7. The van der Waals surface area contributed by atoms with E-state index in [2.05, 4.69) is 10.6 Å². The van der Waals surface area contributed by atoms with Crippen LogP contribution in [0, 0.1) is 24.1 Å². The molecular weight excluding hydrogens is 513 g/mol. The van der Waals surface area contributed by atoms with E-state index < -0.39 is 5.82 Å². The van der Waals surface area contributed by atoms with Gasteiger partial charge in [-0.05, 0) is 105 Å². The molecule has 0 bridgehead atoms. The van der Waals surface area contributed by atoms with Crippen LogP contribution < -0.4 is 16.2 Å². The number of amides is 1. The molecule has 2 aliphatic carbocycles. The van der Waals surface area contributed by atoms with Crippen LogP contribution in [0.5, 0.6) is 0 Å². The van der Waals surface area contributed by atoms with E-state index in [-0.39, 0.29) is 29.5 Å². The van der Waals surface area contributed by atoms with Gasteiger partial charge in [0.2, 0.25) is 0 Å². The molecule has 1 unspecified atom stereocenters. The van der Waals surface area contributed by atoms with E-state index in [1.165, 1.54) is 18.9 Å². The summed E-state index contributed by atoms with van der Waals surface area (Å²) in [6.07, 6.45) is 8.10.